The average Bonchev–Trinajstić information content (AvgIpc) is 0.740. The molecular formula is C112H160O16. The van der Waals surface area contributed by atoms with E-state index in [-0.39, 0.29) is 0 Å². The normalized spacial score (nSPS) is 18.2. The van der Waals surface area contributed by atoms with E-state index in [1.807, 2.05) is 55.4 Å². The second-order valence-corrected chi connectivity index (χ2v) is 42.2. The van der Waals surface area contributed by atoms with Crippen molar-refractivity contribution in [2.24, 2.45) is 0 Å². The van der Waals surface area contributed by atoms with Gasteiger partial charge in [-0.3, -0.25) is 0 Å². The van der Waals surface area contributed by atoms with Crippen molar-refractivity contribution in [1.82, 2.24) is 0 Å². The zero-order valence-electron chi connectivity index (χ0n) is 86.0. The molecule has 0 N–H and O–H groups in total. The molecule has 0 saturated heterocycles. The maximum atomic E-state index is 7.48. The molecule has 0 fully saturated rings. The van der Waals surface area contributed by atoms with Crippen molar-refractivity contribution in [3.8, 4) is 46.0 Å². The first-order valence-corrected chi connectivity index (χ1v) is 46.6. The van der Waals surface area contributed by atoms with E-state index >= 15 is 0 Å². The van der Waals surface area contributed by atoms with Crippen LogP contribution in [0.1, 0.15) is 404 Å². The lowest BCUT2D eigenvalue weighted by Gasteiger charge is -2.35. The van der Waals surface area contributed by atoms with Gasteiger partial charge in [-0.05, 0) is 240 Å². The van der Waals surface area contributed by atoms with Crippen molar-refractivity contribution >= 4 is 0 Å². The predicted molar refractivity (Wildman–Crippen MR) is 521 cm³/mol. The molecule has 0 aromatic heterocycles. The Hall–Kier alpha value is -8.16. The van der Waals surface area contributed by atoms with Crippen molar-refractivity contribution in [2.45, 2.75) is 314 Å². The Morgan fingerprint density at radius 1 is 0.164 bits per heavy atom. The summed E-state index contributed by atoms with van der Waals surface area (Å²) >= 11 is 0. The highest BCUT2D eigenvalue weighted by Gasteiger charge is 2.44. The fourth-order valence-electron chi connectivity index (χ4n) is 18.0. The molecule has 0 unspecified atom stereocenters. The number of methoxy groups -OCH3 is 8. The van der Waals surface area contributed by atoms with Crippen LogP contribution in [0.25, 0.3) is 0 Å². The van der Waals surface area contributed by atoms with E-state index in [1.54, 1.807) is 56.9 Å². The van der Waals surface area contributed by atoms with E-state index in [1.165, 1.54) is 0 Å². The molecule has 1 aliphatic rings. The molecule has 9 rings (SSSR count). The van der Waals surface area contributed by atoms with E-state index in [9.17, 15) is 0 Å². The van der Waals surface area contributed by atoms with E-state index in [2.05, 4.69) is 263 Å². The Balaban J connectivity index is 1.64. The van der Waals surface area contributed by atoms with E-state index in [0.29, 0.717) is 98.9 Å². The Labute approximate surface area is 771 Å². The summed E-state index contributed by atoms with van der Waals surface area (Å²) in [7, 11) is 14.0. The number of hydrogen-bond donors (Lipinski definition) is 0. The maximum Gasteiger partial charge on any atom is 0.131 e. The summed E-state index contributed by atoms with van der Waals surface area (Å²) < 4.78 is 116. The van der Waals surface area contributed by atoms with Crippen LogP contribution in [0.5, 0.6) is 46.0 Å². The Morgan fingerprint density at radius 2 is 0.273 bits per heavy atom. The molecule has 8 aromatic carbocycles. The van der Waals surface area contributed by atoms with Crippen molar-refractivity contribution < 1.29 is 75.8 Å². The minimum absolute atomic E-state index is 0.296. The van der Waals surface area contributed by atoms with Gasteiger partial charge in [-0.25, -0.2) is 0 Å². The van der Waals surface area contributed by atoms with Gasteiger partial charge in [0.15, 0.2) is 0 Å². The lowest BCUT2D eigenvalue weighted by molar-refractivity contribution is 0.0758. The van der Waals surface area contributed by atoms with Gasteiger partial charge >= 0.3 is 0 Å². The smallest absolute Gasteiger partial charge is 0.131 e. The lowest BCUT2D eigenvalue weighted by atomic mass is 9.77. The molecule has 0 saturated carbocycles. The van der Waals surface area contributed by atoms with Gasteiger partial charge in [0.1, 0.15) is 94.8 Å². The minimum atomic E-state index is -0.848. The molecular weight excluding hydrogens is 1600 g/mol. The maximum absolute atomic E-state index is 7.48. The van der Waals surface area contributed by atoms with Crippen LogP contribution in [0.15, 0.2) is 97.1 Å². The fourth-order valence-corrected chi connectivity index (χ4v) is 18.0. The molecule has 0 heterocycles. The van der Waals surface area contributed by atoms with Crippen LogP contribution in [0, 0.1) is 0 Å². The number of hydrogen-bond acceptors (Lipinski definition) is 16. The summed E-state index contributed by atoms with van der Waals surface area (Å²) in [5, 5.41) is 0. The highest BCUT2D eigenvalue weighted by atomic mass is 16.5. The van der Waals surface area contributed by atoms with Gasteiger partial charge in [0.2, 0.25) is 0 Å². The summed E-state index contributed by atoms with van der Waals surface area (Å²) in [6.07, 6.45) is -6.70. The molecule has 16 heteroatoms. The van der Waals surface area contributed by atoms with Crippen molar-refractivity contribution in [2.75, 3.05) is 110 Å². The molecule has 128 heavy (non-hydrogen) atoms. The quantitative estimate of drug-likeness (QED) is 0.0564. The zero-order chi connectivity index (χ0) is 95.4. The number of ether oxygens (including phenoxy) is 16. The summed E-state index contributed by atoms with van der Waals surface area (Å²) in [6, 6.07) is 36.1. The van der Waals surface area contributed by atoms with Gasteiger partial charge in [0.25, 0.3) is 0 Å². The van der Waals surface area contributed by atoms with Gasteiger partial charge in [0.05, 0.1) is 56.4 Å². The topological polar surface area (TPSA) is 148 Å². The molecule has 0 radical (unpaired) electrons. The molecule has 16 nitrogen and oxygen atoms in total. The van der Waals surface area contributed by atoms with Gasteiger partial charge in [-0.15, -0.1) is 0 Å². The third-order valence-electron chi connectivity index (χ3n) is 24.9. The number of rotatable bonds is 24. The second-order valence-electron chi connectivity index (χ2n) is 42.2. The number of benzene rings is 8. The van der Waals surface area contributed by atoms with Crippen LogP contribution in [-0.4, -0.2) is 110 Å². The van der Waals surface area contributed by atoms with Gasteiger partial charge < -0.3 is 75.8 Å². The molecule has 704 valence electrons. The molecule has 8 aromatic rings. The van der Waals surface area contributed by atoms with E-state index in [4.69, 9.17) is 75.8 Å². The van der Waals surface area contributed by atoms with E-state index < -0.39 is 92.2 Å². The number of fused-ring (bicyclic) bond motifs is 16. The van der Waals surface area contributed by atoms with Gasteiger partial charge in [-0.1, -0.05) is 166 Å². The Morgan fingerprint density at radius 3 is 0.367 bits per heavy atom. The first-order chi connectivity index (χ1) is 59.9. The lowest BCUT2D eigenvalue weighted by Crippen LogP contribution is -2.23. The first kappa shape index (κ1) is 104. The van der Waals surface area contributed by atoms with Gasteiger partial charge in [-0.2, -0.15) is 0 Å². The van der Waals surface area contributed by atoms with Crippen molar-refractivity contribution in [3.05, 3.63) is 231 Å². The highest BCUT2D eigenvalue weighted by Crippen LogP contribution is 2.58. The van der Waals surface area contributed by atoms with Gasteiger partial charge in [0, 0.05) is 142 Å². The monoisotopic (exact) mass is 1760 g/mol. The molecule has 0 amide bonds. The zero-order valence-corrected chi connectivity index (χ0v) is 86.0. The van der Waals surface area contributed by atoms with Crippen molar-refractivity contribution in [3.63, 3.8) is 0 Å². The summed E-state index contributed by atoms with van der Waals surface area (Å²) in [5.74, 6) is 4.58. The molecule has 16 bridgehead atoms. The second kappa shape index (κ2) is 41.3. The molecule has 8 atom stereocenters. The van der Waals surface area contributed by atoms with Crippen LogP contribution in [-0.2, 0) is 81.2 Å². The average molecular weight is 1760 g/mol. The predicted octanol–water partition coefficient (Wildman–Crippen LogP) is 27.5. The standard InChI is InChI=1S/C112H160O16/c1-41-121-97-74-50-65(105(9,10)11)49-73(89(74)113-33)90(114-34)75-63-72(112(30,31)32)64-88(103(75)127-47-7)104(128-48-8)87-62-71(111(27,28)29)61-86(96(87)120-40)102(126-46-6)85-60-70(110(24,25)26)59-84(95(85)119-39)101(125-45-5)83-58-69(109(21,22)23)57-82(94(83)118-38)100(124-44-4)81-56-68(108(18,19)20)55-80(93(81)117-37)99(123-43-3)79-54-67(107(15,16)17)53-78(92(79)116-36)98(122-42-2)77-52-66(106(12,13)14)51-76(97)91(77)115-35/h49-64,90,97-102,104H,41-48H2,1-40H3/t90-,97-,98+,99+,100-,101+,102-,104-/m1/s1. The fraction of sp³-hybridized carbons (Fsp3) is 0.571. The van der Waals surface area contributed by atoms with Crippen LogP contribution >= 0.6 is 0 Å². The summed E-state index contributed by atoms with van der Waals surface area (Å²) in [6.45, 7) is 72.7. The Bertz CT molecular complexity index is 5000. The molecule has 1 aliphatic carbocycles. The van der Waals surface area contributed by atoms with Crippen molar-refractivity contribution in [1.29, 1.82) is 0 Å². The van der Waals surface area contributed by atoms with Crippen LogP contribution in [0.3, 0.4) is 0 Å². The Kier molecular flexibility index (Phi) is 33.4. The third-order valence-corrected chi connectivity index (χ3v) is 24.9. The molecule has 0 spiro atoms. The minimum Gasteiger partial charge on any atom is -0.496 e. The summed E-state index contributed by atoms with van der Waals surface area (Å²) in [4.78, 5) is 0. The first-order valence-electron chi connectivity index (χ1n) is 46.6. The SMILES string of the molecule is CCOc1c2cc(C(C)(C)C)cc1[C@H](OCC)c1cc(C(C)(C)C)cc(c1OC)[C@H](OCC)c1cc(C(C)(C)C)cc(c1OC)[C@@H](OCC)c1cc(C(C)(C)C)cc(c1OC)[C@H](OCC)c1cc(C(C)(C)C)cc(c1OC)[C@@H](OCC)c1cc(C(C)(C)C)cc(c1OC)[C@@H](OCC)c1cc(C(C)(C)C)cc(c1OC)[C@H](OCC)c1cc(C(C)(C)C)cc(c1OC)[C@H]2OC. The third kappa shape index (κ3) is 21.8. The summed E-state index contributed by atoms with van der Waals surface area (Å²) in [5.41, 5.74) is 16.9. The van der Waals surface area contributed by atoms with E-state index in [0.717, 1.165) is 134 Å². The van der Waals surface area contributed by atoms with Crippen LogP contribution in [0.2, 0.25) is 0 Å². The van der Waals surface area contributed by atoms with Crippen LogP contribution in [0.4, 0.5) is 0 Å². The largest absolute Gasteiger partial charge is 0.496 e. The van der Waals surface area contributed by atoms with Crippen LogP contribution < -0.4 is 37.9 Å². The molecule has 0 aliphatic heterocycles. The highest BCUT2D eigenvalue weighted by molar-refractivity contribution is 5.67.